The summed E-state index contributed by atoms with van der Waals surface area (Å²) in [6, 6.07) is 63.8. The van der Waals surface area contributed by atoms with Gasteiger partial charge in [0.1, 0.15) is 11.5 Å². The van der Waals surface area contributed by atoms with Gasteiger partial charge in [-0.15, -0.1) is 23.3 Å². The smallest absolute Gasteiger partial charge is 0.190 e. The standard InChI is InChI=1S/C30H23N3.C30H22N3.Ir/c2*1-21-18-26(23-10-6-4-7-11-23)29(27(19-21)24-12-8-5-9-13-24)33-17-16-32-30(33)25-15-14-22(2)28(20-25)31-3;/h4-20H,1-2H3;4-14,16-20H,1-2H3;/q;-1;. The van der Waals surface area contributed by atoms with Gasteiger partial charge in [-0.3, -0.25) is 14.4 Å². The van der Waals surface area contributed by atoms with Crippen molar-refractivity contribution < 1.29 is 20.1 Å². The minimum absolute atomic E-state index is 0. The average molecular weight is 1040 g/mol. The van der Waals surface area contributed by atoms with E-state index in [1.807, 2.05) is 93.2 Å². The third kappa shape index (κ3) is 9.48. The molecule has 67 heavy (non-hydrogen) atoms. The predicted molar refractivity (Wildman–Crippen MR) is 270 cm³/mol. The first-order valence-electron chi connectivity index (χ1n) is 21.8. The van der Waals surface area contributed by atoms with Crippen molar-refractivity contribution in [3.63, 3.8) is 0 Å². The van der Waals surface area contributed by atoms with Gasteiger partial charge in [-0.25, -0.2) is 9.83 Å². The third-order valence-corrected chi connectivity index (χ3v) is 11.7. The van der Waals surface area contributed by atoms with Crippen LogP contribution in [0.1, 0.15) is 22.3 Å². The maximum Gasteiger partial charge on any atom is 0.190 e. The summed E-state index contributed by atoms with van der Waals surface area (Å²) in [4.78, 5) is 16.8. The molecule has 325 valence electrons. The van der Waals surface area contributed by atoms with E-state index < -0.39 is 0 Å². The van der Waals surface area contributed by atoms with Gasteiger partial charge in [-0.2, -0.15) is 6.07 Å². The summed E-state index contributed by atoms with van der Waals surface area (Å²) >= 11 is 0. The molecule has 0 unspecified atom stereocenters. The van der Waals surface area contributed by atoms with Crippen LogP contribution >= 0.6 is 0 Å². The van der Waals surface area contributed by atoms with Crippen LogP contribution in [-0.2, 0) is 20.1 Å². The number of rotatable bonds is 8. The Hall–Kier alpha value is -8.19. The minimum atomic E-state index is 0. The van der Waals surface area contributed by atoms with Crippen LogP contribution in [0, 0.1) is 46.9 Å². The number of aryl methyl sites for hydroxylation is 4. The third-order valence-electron chi connectivity index (χ3n) is 11.7. The van der Waals surface area contributed by atoms with Gasteiger partial charge in [0.25, 0.3) is 0 Å². The molecule has 0 fully saturated rings. The zero-order chi connectivity index (χ0) is 45.6. The molecule has 2 aromatic heterocycles. The zero-order valence-corrected chi connectivity index (χ0v) is 40.0. The van der Waals surface area contributed by atoms with E-state index in [2.05, 4.69) is 165 Å². The summed E-state index contributed by atoms with van der Waals surface area (Å²) in [5.74, 6) is 1.58. The first kappa shape index (κ1) is 45.4. The fraction of sp³-hybridized carbons (Fsp3) is 0.0667. The van der Waals surface area contributed by atoms with E-state index in [0.29, 0.717) is 11.4 Å². The first-order valence-corrected chi connectivity index (χ1v) is 21.8. The second kappa shape index (κ2) is 20.3. The molecule has 0 aliphatic heterocycles. The molecular formula is C60H45IrN6-. The molecule has 0 aliphatic rings. The van der Waals surface area contributed by atoms with Gasteiger partial charge in [0, 0.05) is 72.7 Å². The molecule has 0 saturated heterocycles. The summed E-state index contributed by atoms with van der Waals surface area (Å²) in [5, 5.41) is 0. The molecule has 7 heteroatoms. The fourth-order valence-electron chi connectivity index (χ4n) is 8.48. The molecule has 6 nitrogen and oxygen atoms in total. The van der Waals surface area contributed by atoms with Crippen molar-refractivity contribution >= 4 is 11.4 Å². The largest absolute Gasteiger partial charge is 0.339 e. The summed E-state index contributed by atoms with van der Waals surface area (Å²) in [6.45, 7) is 23.2. The molecule has 1 radical (unpaired) electrons. The van der Waals surface area contributed by atoms with Gasteiger partial charge in [-0.1, -0.05) is 140 Å². The number of hydrogen-bond donors (Lipinski definition) is 0. The molecular weight excluding hydrogens is 997 g/mol. The predicted octanol–water partition coefficient (Wildman–Crippen LogP) is 15.9. The topological polar surface area (TPSA) is 44.4 Å². The van der Waals surface area contributed by atoms with Crippen molar-refractivity contribution in [1.82, 2.24) is 19.1 Å². The molecule has 0 amide bonds. The van der Waals surface area contributed by atoms with E-state index in [0.717, 1.165) is 89.8 Å². The van der Waals surface area contributed by atoms with Crippen LogP contribution in [0.5, 0.6) is 0 Å². The van der Waals surface area contributed by atoms with Crippen LogP contribution in [-0.4, -0.2) is 19.1 Å². The van der Waals surface area contributed by atoms with Gasteiger partial charge < -0.3 is 4.57 Å². The number of aromatic nitrogens is 4. The molecule has 0 saturated carbocycles. The van der Waals surface area contributed by atoms with E-state index in [1.165, 1.54) is 11.1 Å². The Kier molecular flexibility index (Phi) is 13.8. The van der Waals surface area contributed by atoms with E-state index in [1.54, 1.807) is 0 Å². The number of nitrogens with zero attached hydrogens (tertiary/aromatic N) is 6. The monoisotopic (exact) mass is 1040 g/mol. The van der Waals surface area contributed by atoms with E-state index >= 15 is 0 Å². The summed E-state index contributed by atoms with van der Waals surface area (Å²) < 4.78 is 4.28. The zero-order valence-electron chi connectivity index (χ0n) is 37.6. The summed E-state index contributed by atoms with van der Waals surface area (Å²) in [5.41, 5.74) is 18.5. The van der Waals surface area contributed by atoms with Gasteiger partial charge in [0.2, 0.25) is 0 Å². The SMILES string of the molecule is [C-]#[N+]c1cc(-c2nccn2-c2c(-c3ccccc3)cc(C)cc2-c2ccccc2)[c-]cc1C.[C-]#[N+]c1cc(-c2nccn2-c2c(-c3ccccc3)cc(C)cc2-c2ccccc2)ccc1C.[Ir]. The minimum Gasteiger partial charge on any atom is -0.339 e. The molecule has 0 N–H and O–H groups in total. The Bertz CT molecular complexity index is 3060. The first-order chi connectivity index (χ1) is 32.3. The summed E-state index contributed by atoms with van der Waals surface area (Å²) in [6.07, 6.45) is 7.64. The van der Waals surface area contributed by atoms with Crippen molar-refractivity contribution in [2.45, 2.75) is 27.7 Å². The Morgan fingerprint density at radius 2 is 0.821 bits per heavy atom. The van der Waals surface area contributed by atoms with Crippen LogP contribution in [0.25, 0.3) is 88.3 Å². The molecule has 0 aliphatic carbocycles. The van der Waals surface area contributed by atoms with Crippen LogP contribution in [0.4, 0.5) is 11.4 Å². The Balaban J connectivity index is 0.000000179. The van der Waals surface area contributed by atoms with E-state index in [4.69, 9.17) is 18.1 Å². The van der Waals surface area contributed by atoms with E-state index in [9.17, 15) is 0 Å². The van der Waals surface area contributed by atoms with Gasteiger partial charge in [-0.05, 0) is 90.0 Å². The average Bonchev–Trinajstić information content (AvgIpc) is 4.06. The van der Waals surface area contributed by atoms with Crippen molar-refractivity contribution in [3.05, 3.63) is 252 Å². The maximum absolute atomic E-state index is 7.54. The van der Waals surface area contributed by atoms with Gasteiger partial charge >= 0.3 is 0 Å². The number of benzene rings is 8. The molecule has 0 atom stereocenters. The number of imidazole rings is 2. The van der Waals surface area contributed by atoms with Gasteiger partial charge in [0.15, 0.2) is 5.69 Å². The molecule has 0 bridgehead atoms. The van der Waals surface area contributed by atoms with Crippen LogP contribution in [0.2, 0.25) is 0 Å². The molecule has 10 rings (SSSR count). The summed E-state index contributed by atoms with van der Waals surface area (Å²) in [7, 11) is 0. The quantitative estimate of drug-likeness (QED) is 0.142. The fourth-order valence-corrected chi connectivity index (χ4v) is 8.48. The van der Waals surface area contributed by atoms with Crippen molar-refractivity contribution in [2.24, 2.45) is 0 Å². The molecule has 8 aromatic carbocycles. The maximum atomic E-state index is 7.54. The van der Waals surface area contributed by atoms with Crippen LogP contribution in [0.3, 0.4) is 0 Å². The van der Waals surface area contributed by atoms with Crippen LogP contribution < -0.4 is 0 Å². The van der Waals surface area contributed by atoms with Crippen LogP contribution in [0.15, 0.2) is 201 Å². The second-order valence-electron chi connectivity index (χ2n) is 16.3. The molecule has 2 heterocycles. The Morgan fingerprint density at radius 3 is 1.24 bits per heavy atom. The normalized spacial score (nSPS) is 10.5. The van der Waals surface area contributed by atoms with Crippen molar-refractivity contribution in [3.8, 4) is 78.7 Å². The van der Waals surface area contributed by atoms with Gasteiger partial charge in [0.05, 0.1) is 30.3 Å². The van der Waals surface area contributed by atoms with Crippen molar-refractivity contribution in [2.75, 3.05) is 0 Å². The van der Waals surface area contributed by atoms with E-state index in [-0.39, 0.29) is 20.1 Å². The second-order valence-corrected chi connectivity index (χ2v) is 16.3. The Labute approximate surface area is 406 Å². The number of hydrogen-bond acceptors (Lipinski definition) is 2. The molecule has 0 spiro atoms. The molecule has 10 aromatic rings. The Morgan fingerprint density at radius 1 is 0.433 bits per heavy atom. The van der Waals surface area contributed by atoms with Crippen molar-refractivity contribution in [1.29, 1.82) is 0 Å².